The number of ether oxygens (including phenoxy) is 5. The van der Waals surface area contributed by atoms with E-state index in [0.29, 0.717) is 11.5 Å². The van der Waals surface area contributed by atoms with Crippen LogP contribution in [0.4, 0.5) is 5.95 Å². The summed E-state index contributed by atoms with van der Waals surface area (Å²) in [5, 5.41) is 14.5. The molecule has 3 heterocycles. The molecule has 0 aliphatic carbocycles. The molecule has 14 nitrogen and oxygen atoms in total. The highest BCUT2D eigenvalue weighted by molar-refractivity contribution is 5.91. The van der Waals surface area contributed by atoms with Gasteiger partial charge < -0.3 is 28.8 Å². The molecule has 51 heavy (non-hydrogen) atoms. The summed E-state index contributed by atoms with van der Waals surface area (Å²) in [7, 11) is 3.16. The van der Waals surface area contributed by atoms with Gasteiger partial charge >= 0.3 is 5.97 Å². The number of hydrogen-bond acceptors (Lipinski definition) is 11. The number of aliphatic hydroxyl groups is 1. The molecule has 3 aromatic carbocycles. The molecular weight excluding hydrogens is 658 g/mol. The molecule has 6 rings (SSSR count). The number of amides is 1. The summed E-state index contributed by atoms with van der Waals surface area (Å²) in [4.78, 5) is 49.0. The van der Waals surface area contributed by atoms with Gasteiger partial charge in [0.1, 0.15) is 29.3 Å². The van der Waals surface area contributed by atoms with Crippen LogP contribution in [0.2, 0.25) is 0 Å². The van der Waals surface area contributed by atoms with Gasteiger partial charge in [0.2, 0.25) is 11.9 Å². The molecule has 0 bridgehead atoms. The Morgan fingerprint density at radius 2 is 1.55 bits per heavy atom. The average molecular weight is 698 g/mol. The number of aromatic nitrogens is 4. The van der Waals surface area contributed by atoms with Crippen LogP contribution in [0.15, 0.2) is 90.0 Å². The van der Waals surface area contributed by atoms with Crippen LogP contribution in [0.25, 0.3) is 11.2 Å². The van der Waals surface area contributed by atoms with Crippen molar-refractivity contribution in [2.24, 2.45) is 5.92 Å². The van der Waals surface area contributed by atoms with Gasteiger partial charge in [0.15, 0.2) is 23.5 Å². The number of nitrogens with one attached hydrogen (secondary N) is 2. The van der Waals surface area contributed by atoms with E-state index >= 15 is 0 Å². The largest absolute Gasteiger partial charge is 0.497 e. The number of benzene rings is 3. The number of carbonyl (C=O) groups excluding carboxylic acids is 2. The summed E-state index contributed by atoms with van der Waals surface area (Å²) in [5.74, 6) is -0.208. The van der Waals surface area contributed by atoms with Crippen molar-refractivity contribution in [1.82, 2.24) is 19.5 Å². The monoisotopic (exact) mass is 697 g/mol. The average Bonchev–Trinajstić information content (AvgIpc) is 3.56. The van der Waals surface area contributed by atoms with Crippen molar-refractivity contribution in [2.45, 2.75) is 50.9 Å². The Bertz CT molecular complexity index is 2000. The van der Waals surface area contributed by atoms with E-state index in [4.69, 9.17) is 23.7 Å². The first-order valence-corrected chi connectivity index (χ1v) is 16.3. The van der Waals surface area contributed by atoms with Crippen molar-refractivity contribution in [2.75, 3.05) is 26.1 Å². The molecule has 0 radical (unpaired) electrons. The highest BCUT2D eigenvalue weighted by Crippen LogP contribution is 2.44. The highest BCUT2D eigenvalue weighted by Gasteiger charge is 2.49. The van der Waals surface area contributed by atoms with Gasteiger partial charge in [-0.1, -0.05) is 68.4 Å². The fourth-order valence-corrected chi connectivity index (χ4v) is 6.14. The molecule has 266 valence electrons. The second kappa shape index (κ2) is 14.7. The molecule has 5 aromatic rings. The lowest BCUT2D eigenvalue weighted by Crippen LogP contribution is -2.56. The van der Waals surface area contributed by atoms with Crippen molar-refractivity contribution >= 4 is 29.0 Å². The minimum Gasteiger partial charge on any atom is -0.497 e. The first-order valence-electron chi connectivity index (χ1n) is 16.3. The van der Waals surface area contributed by atoms with Crippen LogP contribution < -0.4 is 20.3 Å². The number of carbonyl (C=O) groups is 2. The zero-order valence-electron chi connectivity index (χ0n) is 28.7. The lowest BCUT2D eigenvalue weighted by atomic mass is 9.79. The summed E-state index contributed by atoms with van der Waals surface area (Å²) in [5.41, 5.74) is 0.260. The Labute approximate surface area is 293 Å². The van der Waals surface area contributed by atoms with E-state index in [0.717, 1.165) is 16.7 Å². The summed E-state index contributed by atoms with van der Waals surface area (Å²) < 4.78 is 31.5. The van der Waals surface area contributed by atoms with E-state index in [-0.39, 0.29) is 35.5 Å². The number of aromatic amines is 1. The minimum atomic E-state index is -1.53. The predicted octanol–water partition coefficient (Wildman–Crippen LogP) is 3.93. The topological polar surface area (TPSA) is 176 Å². The lowest BCUT2D eigenvalue weighted by molar-refractivity contribution is -0.247. The zero-order chi connectivity index (χ0) is 36.3. The fraction of sp³-hybridized carbons (Fsp3) is 0.324. The molecule has 1 saturated heterocycles. The summed E-state index contributed by atoms with van der Waals surface area (Å²) >= 11 is 0. The number of H-pyrrole nitrogens is 1. The highest BCUT2D eigenvalue weighted by atomic mass is 16.6. The maximum Gasteiger partial charge on any atom is 0.303 e. The van der Waals surface area contributed by atoms with Gasteiger partial charge in [-0.05, 0) is 41.0 Å². The maximum absolute atomic E-state index is 12.9. The number of anilines is 1. The molecule has 0 saturated carbocycles. The second-order valence-electron chi connectivity index (χ2n) is 12.3. The Morgan fingerprint density at radius 3 is 2.10 bits per heavy atom. The van der Waals surface area contributed by atoms with Crippen LogP contribution in [0, 0.1) is 5.92 Å². The molecule has 4 atom stereocenters. The Morgan fingerprint density at radius 1 is 0.961 bits per heavy atom. The normalized spacial score (nSPS) is 19.1. The molecule has 2 aromatic heterocycles. The number of imidazole rings is 1. The quantitative estimate of drug-likeness (QED) is 0.135. The summed E-state index contributed by atoms with van der Waals surface area (Å²) in [6.07, 6.45) is -3.74. The molecule has 3 N–H and O–H groups in total. The van der Waals surface area contributed by atoms with Gasteiger partial charge in [0, 0.05) is 12.8 Å². The number of rotatable bonds is 11. The van der Waals surface area contributed by atoms with Crippen molar-refractivity contribution in [3.05, 3.63) is 112 Å². The second-order valence-corrected chi connectivity index (χ2v) is 12.3. The molecule has 1 amide bonds. The Balaban J connectivity index is 1.44. The first kappa shape index (κ1) is 35.3. The Hall–Kier alpha value is -5.57. The third kappa shape index (κ3) is 6.93. The first-order chi connectivity index (χ1) is 24.5. The van der Waals surface area contributed by atoms with Crippen LogP contribution in [-0.4, -0.2) is 75.6 Å². The minimum absolute atomic E-state index is 0.0397. The van der Waals surface area contributed by atoms with E-state index in [1.807, 2.05) is 78.9 Å². The molecule has 0 spiro atoms. The number of esters is 1. The predicted molar refractivity (Wildman–Crippen MR) is 185 cm³/mol. The fourth-order valence-electron chi connectivity index (χ4n) is 6.14. The van der Waals surface area contributed by atoms with E-state index in [1.54, 1.807) is 28.1 Å². The van der Waals surface area contributed by atoms with Gasteiger partial charge in [-0.2, -0.15) is 4.98 Å². The number of fused-ring (bicyclic) bond motifs is 1. The van der Waals surface area contributed by atoms with Crippen LogP contribution in [0.1, 0.15) is 43.7 Å². The van der Waals surface area contributed by atoms with Crippen LogP contribution in [0.5, 0.6) is 11.5 Å². The van der Waals surface area contributed by atoms with Crippen molar-refractivity contribution in [3.63, 3.8) is 0 Å². The molecule has 1 aliphatic rings. The third-order valence-corrected chi connectivity index (χ3v) is 8.70. The number of methoxy groups -OCH3 is 2. The number of aliphatic hydroxyl groups excluding tert-OH is 1. The van der Waals surface area contributed by atoms with Gasteiger partial charge in [0.25, 0.3) is 5.56 Å². The van der Waals surface area contributed by atoms with Crippen molar-refractivity contribution < 1.29 is 38.4 Å². The van der Waals surface area contributed by atoms with Crippen LogP contribution in [0.3, 0.4) is 0 Å². The van der Waals surface area contributed by atoms with Crippen molar-refractivity contribution in [1.29, 1.82) is 0 Å². The summed E-state index contributed by atoms with van der Waals surface area (Å²) in [6, 6.07) is 24.4. The smallest absolute Gasteiger partial charge is 0.303 e. The molecule has 14 heteroatoms. The standard InChI is InChI=1S/C37H39N5O9/c1-21(2)33(45)40-36-39-32-29(34(46)41-36)38-20-42(32)35-30(44)31(50-22(3)43)28(19-49-35)51-37(23-9-7-6-8-10-23,24-11-15-26(47-4)16-12-24)25-13-17-27(48-5)18-14-25/h6-18,20-21,28,30-31,35,44H,19H2,1-5H3,(H2,39,40,41,45,46)/t28-,30+,31+,35+/m0/s1. The SMILES string of the molecule is COc1ccc(C(O[C@H]2CO[C@@H](n3cnc4c(=O)[nH]c(NC(=O)C(C)C)nc43)[C@H](O)[C@@H]2OC(C)=O)(c2ccccc2)c2ccc(OC)cc2)cc1. The van der Waals surface area contributed by atoms with E-state index in [1.165, 1.54) is 17.8 Å². The molecular formula is C37H39N5O9. The maximum atomic E-state index is 12.9. The van der Waals surface area contributed by atoms with E-state index < -0.39 is 41.7 Å². The van der Waals surface area contributed by atoms with Gasteiger partial charge in [-0.15, -0.1) is 0 Å². The third-order valence-electron chi connectivity index (χ3n) is 8.70. The van der Waals surface area contributed by atoms with Gasteiger partial charge in [-0.3, -0.25) is 29.3 Å². The number of nitrogens with zero attached hydrogens (tertiary/aromatic N) is 3. The molecule has 0 unspecified atom stereocenters. The van der Waals surface area contributed by atoms with Crippen LogP contribution in [-0.2, 0) is 29.4 Å². The Kier molecular flexibility index (Phi) is 10.2. The van der Waals surface area contributed by atoms with Gasteiger partial charge in [-0.25, -0.2) is 4.98 Å². The van der Waals surface area contributed by atoms with Crippen LogP contribution >= 0.6 is 0 Å². The van der Waals surface area contributed by atoms with Crippen molar-refractivity contribution in [3.8, 4) is 11.5 Å². The molecule has 1 fully saturated rings. The van der Waals surface area contributed by atoms with E-state index in [2.05, 4.69) is 20.3 Å². The van der Waals surface area contributed by atoms with Gasteiger partial charge in [0.05, 0.1) is 27.2 Å². The molecule has 1 aliphatic heterocycles. The lowest BCUT2D eigenvalue weighted by Gasteiger charge is -2.45. The summed E-state index contributed by atoms with van der Waals surface area (Å²) in [6.45, 7) is 4.47. The van der Waals surface area contributed by atoms with E-state index in [9.17, 15) is 19.5 Å². The zero-order valence-corrected chi connectivity index (χ0v) is 28.7. The number of hydrogen-bond donors (Lipinski definition) is 3.